The minimum Gasteiger partial charge on any atom is -0.461 e. The van der Waals surface area contributed by atoms with Crippen molar-refractivity contribution in [2.45, 2.75) is 90.7 Å². The molecule has 0 saturated carbocycles. The minimum atomic E-state index is -5.13. The number of allylic oxidation sites excluding steroid dienone is 3. The van der Waals surface area contributed by atoms with Crippen molar-refractivity contribution in [2.24, 2.45) is 5.92 Å². The zero-order valence-corrected chi connectivity index (χ0v) is 26.3. The van der Waals surface area contributed by atoms with Crippen LogP contribution in [0.1, 0.15) is 72.3 Å². The molecular formula is C34H43F3O7. The first-order valence-electron chi connectivity index (χ1n) is 14.5. The van der Waals surface area contributed by atoms with Crippen molar-refractivity contribution in [2.75, 3.05) is 13.7 Å². The van der Waals surface area contributed by atoms with Crippen LogP contribution in [-0.2, 0) is 38.9 Å². The van der Waals surface area contributed by atoms with Gasteiger partial charge in [0.25, 0.3) is 5.60 Å². The molecule has 0 bridgehead atoms. The van der Waals surface area contributed by atoms with Crippen LogP contribution in [0, 0.1) is 5.92 Å². The van der Waals surface area contributed by atoms with Crippen LogP contribution in [0.5, 0.6) is 0 Å². The van der Waals surface area contributed by atoms with Crippen LogP contribution < -0.4 is 0 Å². The van der Waals surface area contributed by atoms with Crippen LogP contribution in [0.2, 0.25) is 0 Å². The summed E-state index contributed by atoms with van der Waals surface area (Å²) < 4.78 is 65.3. The molecule has 0 fully saturated rings. The Hall–Kier alpha value is -3.66. The van der Waals surface area contributed by atoms with E-state index in [4.69, 9.17) is 18.9 Å². The van der Waals surface area contributed by atoms with E-state index in [0.717, 1.165) is 30.4 Å². The summed E-state index contributed by atoms with van der Waals surface area (Å²) in [5, 5.41) is 0. The number of carbonyl (C=O) groups is 3. The van der Waals surface area contributed by atoms with Crippen molar-refractivity contribution in [3.05, 3.63) is 83.0 Å². The molecule has 7 nitrogen and oxygen atoms in total. The van der Waals surface area contributed by atoms with Gasteiger partial charge in [-0.25, -0.2) is 4.79 Å². The Morgan fingerprint density at radius 2 is 1.59 bits per heavy atom. The van der Waals surface area contributed by atoms with Gasteiger partial charge in [-0.15, -0.1) is 0 Å². The quantitative estimate of drug-likeness (QED) is 0.169. The molecule has 0 spiro atoms. The predicted octanol–water partition coefficient (Wildman–Crippen LogP) is 7.47. The summed E-state index contributed by atoms with van der Waals surface area (Å²) in [5.41, 5.74) is -0.820. The number of methoxy groups -OCH3 is 1. The molecule has 0 aliphatic heterocycles. The molecule has 1 aliphatic carbocycles. The maximum atomic E-state index is 14.6. The first kappa shape index (κ1) is 36.5. The molecule has 4 atom stereocenters. The van der Waals surface area contributed by atoms with E-state index in [1.165, 1.54) is 32.0 Å². The summed E-state index contributed by atoms with van der Waals surface area (Å²) in [5.74, 6) is -2.89. The number of hydrogen-bond donors (Lipinski definition) is 0. The van der Waals surface area contributed by atoms with Crippen LogP contribution >= 0.6 is 0 Å². The molecule has 242 valence electrons. The lowest BCUT2D eigenvalue weighted by atomic mass is 9.87. The number of rotatable bonds is 8. The molecule has 1 aromatic carbocycles. The zero-order valence-electron chi connectivity index (χ0n) is 26.3. The van der Waals surface area contributed by atoms with E-state index in [1.807, 2.05) is 26.0 Å². The number of hydrogen-bond acceptors (Lipinski definition) is 7. The van der Waals surface area contributed by atoms with Crippen molar-refractivity contribution in [1.82, 2.24) is 0 Å². The largest absolute Gasteiger partial charge is 0.461 e. The van der Waals surface area contributed by atoms with Gasteiger partial charge in [-0.3, -0.25) is 9.59 Å². The molecule has 44 heavy (non-hydrogen) atoms. The minimum absolute atomic E-state index is 0.0564. The first-order chi connectivity index (χ1) is 20.6. The van der Waals surface area contributed by atoms with Crippen LogP contribution in [0.15, 0.2) is 77.4 Å². The topological polar surface area (TPSA) is 88.1 Å². The third kappa shape index (κ3) is 9.94. The van der Waals surface area contributed by atoms with Gasteiger partial charge in [0.2, 0.25) is 0 Å². The van der Waals surface area contributed by atoms with Crippen LogP contribution in [-0.4, -0.2) is 50.0 Å². The van der Waals surface area contributed by atoms with E-state index in [1.54, 1.807) is 13.0 Å². The highest BCUT2D eigenvalue weighted by molar-refractivity contribution is 5.83. The Balaban J connectivity index is 2.61. The van der Waals surface area contributed by atoms with E-state index in [-0.39, 0.29) is 25.4 Å². The average Bonchev–Trinajstić information content (AvgIpc) is 2.93. The molecule has 0 unspecified atom stereocenters. The highest BCUT2D eigenvalue weighted by Crippen LogP contribution is 2.43. The van der Waals surface area contributed by atoms with Crippen LogP contribution in [0.3, 0.4) is 0 Å². The van der Waals surface area contributed by atoms with Gasteiger partial charge < -0.3 is 18.9 Å². The van der Waals surface area contributed by atoms with E-state index < -0.39 is 47.5 Å². The molecular weight excluding hydrogens is 577 g/mol. The molecule has 0 amide bonds. The van der Waals surface area contributed by atoms with Crippen molar-refractivity contribution >= 4 is 17.9 Å². The predicted molar refractivity (Wildman–Crippen MR) is 160 cm³/mol. The van der Waals surface area contributed by atoms with Gasteiger partial charge in [0.05, 0.1) is 0 Å². The average molecular weight is 621 g/mol. The summed E-state index contributed by atoms with van der Waals surface area (Å²) in [7, 11) is 0.818. The molecule has 2 rings (SSSR count). The van der Waals surface area contributed by atoms with Gasteiger partial charge in [0, 0.05) is 32.4 Å². The second-order valence-corrected chi connectivity index (χ2v) is 11.1. The molecule has 10 heteroatoms. The Morgan fingerprint density at radius 3 is 2.14 bits per heavy atom. The van der Waals surface area contributed by atoms with Crippen molar-refractivity contribution in [3.63, 3.8) is 0 Å². The number of esters is 3. The van der Waals surface area contributed by atoms with Crippen molar-refractivity contribution in [3.8, 4) is 0 Å². The summed E-state index contributed by atoms with van der Waals surface area (Å²) in [4.78, 5) is 37.3. The lowest BCUT2D eigenvalue weighted by Crippen LogP contribution is -2.52. The lowest BCUT2D eigenvalue weighted by Gasteiger charge is -2.34. The summed E-state index contributed by atoms with van der Waals surface area (Å²) >= 11 is 0. The second kappa shape index (κ2) is 16.4. The number of carbonyl (C=O) groups excluding carboxylic acids is 3. The van der Waals surface area contributed by atoms with Crippen molar-refractivity contribution < 1.29 is 46.5 Å². The molecule has 1 aromatic rings. The number of ether oxygens (including phenoxy) is 4. The fourth-order valence-corrected chi connectivity index (χ4v) is 5.10. The summed E-state index contributed by atoms with van der Waals surface area (Å²) in [6.07, 6.45) is 0.553. The monoisotopic (exact) mass is 620 g/mol. The number of halogens is 3. The molecule has 0 N–H and O–H groups in total. The van der Waals surface area contributed by atoms with Gasteiger partial charge in [-0.05, 0) is 70.1 Å². The first-order valence-corrected chi connectivity index (χ1v) is 14.5. The Morgan fingerprint density at radius 1 is 0.932 bits per heavy atom. The highest BCUT2D eigenvalue weighted by Gasteiger charge is 2.64. The Kier molecular flexibility index (Phi) is 13.6. The van der Waals surface area contributed by atoms with E-state index >= 15 is 0 Å². The highest BCUT2D eigenvalue weighted by atomic mass is 19.4. The Bertz CT molecular complexity index is 1260. The fraction of sp³-hybridized carbons (Fsp3) is 0.500. The van der Waals surface area contributed by atoms with E-state index in [9.17, 15) is 27.6 Å². The molecule has 0 saturated heterocycles. The van der Waals surface area contributed by atoms with E-state index in [0.29, 0.717) is 30.4 Å². The standard InChI is InChI=1S/C34H43F3O7/c1-22(2)29-18-16-23(3)12-11-13-24(4)30(19-17-27(21-42-25(5)38)20-31(29)43-26(6)39)44-32(40)33(41-7,34(35,36)37)28-14-9-8-10-15-28/h8-10,12-15,20,29-31H,1,11,16-19,21H2,2-7H3/b23-12+,24-13+,27-20+/t29-,30-,31+,33+/m1/s1. The molecule has 0 aromatic heterocycles. The maximum Gasteiger partial charge on any atom is 0.432 e. The molecule has 0 heterocycles. The Labute approximate surface area is 257 Å². The second-order valence-electron chi connectivity index (χ2n) is 11.1. The van der Waals surface area contributed by atoms with Gasteiger partial charge in [-0.2, -0.15) is 13.2 Å². The van der Waals surface area contributed by atoms with E-state index in [2.05, 4.69) is 6.58 Å². The maximum absolute atomic E-state index is 14.6. The van der Waals surface area contributed by atoms with Gasteiger partial charge in [0.15, 0.2) is 0 Å². The van der Waals surface area contributed by atoms with Gasteiger partial charge in [-0.1, -0.05) is 60.2 Å². The van der Waals surface area contributed by atoms with Gasteiger partial charge >= 0.3 is 24.1 Å². The van der Waals surface area contributed by atoms with Crippen LogP contribution in [0.4, 0.5) is 13.2 Å². The lowest BCUT2D eigenvalue weighted by molar-refractivity contribution is -0.277. The number of alkyl halides is 3. The normalized spacial score (nSPS) is 25.3. The van der Waals surface area contributed by atoms with Crippen LogP contribution in [0.25, 0.3) is 0 Å². The molecule has 1 aliphatic rings. The summed E-state index contributed by atoms with van der Waals surface area (Å²) in [6, 6.07) is 6.62. The fourth-order valence-electron chi connectivity index (χ4n) is 5.10. The number of benzene rings is 1. The molecule has 0 radical (unpaired) electrons. The van der Waals surface area contributed by atoms with Gasteiger partial charge in [0.1, 0.15) is 18.8 Å². The van der Waals surface area contributed by atoms with Crippen molar-refractivity contribution in [1.29, 1.82) is 0 Å². The summed E-state index contributed by atoms with van der Waals surface area (Å²) in [6.45, 7) is 12.0. The SMILES string of the molecule is C=C(C)[C@H]1CC/C(C)=C/C/C=C(\C)[C@H](OC(=O)[C@@](OC)(c2ccccc2)C(F)(F)F)CC/C(COC(C)=O)=C\[C@@H]1OC(C)=O. The zero-order chi connectivity index (χ0) is 33.1. The third-order valence-electron chi connectivity index (χ3n) is 7.61. The smallest absolute Gasteiger partial charge is 0.432 e. The third-order valence-corrected chi connectivity index (χ3v) is 7.61.